The van der Waals surface area contributed by atoms with Crippen molar-refractivity contribution in [1.82, 2.24) is 9.88 Å². The molecule has 5 heteroatoms. The van der Waals surface area contributed by atoms with Crippen molar-refractivity contribution in [2.24, 2.45) is 11.1 Å². The van der Waals surface area contributed by atoms with Crippen molar-refractivity contribution in [3.63, 3.8) is 0 Å². The number of nitrogens with zero attached hydrogens (tertiary/aromatic N) is 3. The number of oxime groups is 1. The fourth-order valence-corrected chi connectivity index (χ4v) is 2.96. The molecule has 0 unspecified atom stereocenters. The molecule has 3 rings (SSSR count). The molecule has 1 aromatic carbocycles. The molecule has 0 spiro atoms. The lowest BCUT2D eigenvalue weighted by Crippen LogP contribution is -2.34. The van der Waals surface area contributed by atoms with Gasteiger partial charge < -0.3 is 14.8 Å². The zero-order valence-electron chi connectivity index (χ0n) is 15.6. The second kappa shape index (κ2) is 8.70. The van der Waals surface area contributed by atoms with Gasteiger partial charge in [0.1, 0.15) is 5.75 Å². The fraction of sp³-hybridized carbons (Fsp3) is 0.429. The summed E-state index contributed by atoms with van der Waals surface area (Å²) in [6.45, 7) is 6.07. The first-order valence-corrected chi connectivity index (χ1v) is 9.43. The quantitative estimate of drug-likeness (QED) is 0.324. The van der Waals surface area contributed by atoms with E-state index in [-0.39, 0.29) is 0 Å². The van der Waals surface area contributed by atoms with Gasteiger partial charge in [0.25, 0.3) is 0 Å². The Morgan fingerprint density at radius 2 is 1.96 bits per heavy atom. The number of benzene rings is 1. The first-order chi connectivity index (χ1) is 12.7. The molecular weight excluding hydrogens is 326 g/mol. The number of aryl methyl sites for hydroxylation is 1. The number of pyridine rings is 1. The highest BCUT2D eigenvalue weighted by molar-refractivity contribution is 5.98. The van der Waals surface area contributed by atoms with Crippen LogP contribution in [0, 0.1) is 5.92 Å². The maximum Gasteiger partial charge on any atom is 0.219 e. The molecule has 1 fully saturated rings. The Morgan fingerprint density at radius 1 is 1.19 bits per heavy atom. The molecule has 138 valence electrons. The van der Waals surface area contributed by atoms with E-state index in [1.54, 1.807) is 6.20 Å². The van der Waals surface area contributed by atoms with Crippen LogP contribution in [0.2, 0.25) is 0 Å². The van der Waals surface area contributed by atoms with Crippen LogP contribution in [-0.4, -0.2) is 34.0 Å². The van der Waals surface area contributed by atoms with E-state index in [1.165, 1.54) is 18.4 Å². The van der Waals surface area contributed by atoms with Crippen molar-refractivity contribution in [3.05, 3.63) is 53.7 Å². The summed E-state index contributed by atoms with van der Waals surface area (Å²) in [5.74, 6) is 2.60. The molecule has 5 nitrogen and oxygen atoms in total. The molecule has 1 saturated carbocycles. The van der Waals surface area contributed by atoms with Gasteiger partial charge in [0.2, 0.25) is 5.88 Å². The maximum absolute atomic E-state index is 9.55. The zero-order valence-corrected chi connectivity index (χ0v) is 15.6. The van der Waals surface area contributed by atoms with Crippen molar-refractivity contribution >= 4 is 5.84 Å². The fourth-order valence-electron chi connectivity index (χ4n) is 2.96. The highest BCUT2D eigenvalue weighted by atomic mass is 16.5. The maximum atomic E-state index is 9.55. The second-order valence-electron chi connectivity index (χ2n) is 6.80. The van der Waals surface area contributed by atoms with Crippen molar-refractivity contribution in [3.8, 4) is 11.6 Å². The van der Waals surface area contributed by atoms with Crippen LogP contribution in [0.4, 0.5) is 0 Å². The van der Waals surface area contributed by atoms with E-state index in [1.807, 2.05) is 24.3 Å². The molecule has 1 aromatic heterocycles. The van der Waals surface area contributed by atoms with Gasteiger partial charge in [-0.2, -0.15) is 0 Å². The molecule has 0 aliphatic heterocycles. The van der Waals surface area contributed by atoms with Crippen LogP contribution in [0.1, 0.15) is 44.2 Å². The zero-order chi connectivity index (χ0) is 18.4. The van der Waals surface area contributed by atoms with E-state index in [0.717, 1.165) is 43.2 Å². The number of ether oxygens (including phenoxy) is 1. The first-order valence-electron chi connectivity index (χ1n) is 9.43. The monoisotopic (exact) mass is 353 g/mol. The summed E-state index contributed by atoms with van der Waals surface area (Å²) in [6, 6.07) is 11.7. The van der Waals surface area contributed by atoms with Gasteiger partial charge in [-0.25, -0.2) is 4.98 Å². The van der Waals surface area contributed by atoms with Gasteiger partial charge in [0.05, 0.1) is 0 Å². The molecule has 1 N–H and O–H groups in total. The number of amidine groups is 1. The van der Waals surface area contributed by atoms with Crippen LogP contribution >= 0.6 is 0 Å². The van der Waals surface area contributed by atoms with E-state index in [2.05, 4.69) is 41.0 Å². The predicted octanol–water partition coefficient (Wildman–Crippen LogP) is 4.69. The lowest BCUT2D eigenvalue weighted by Gasteiger charge is -2.24. The van der Waals surface area contributed by atoms with Gasteiger partial charge in [-0.15, -0.1) is 0 Å². The summed E-state index contributed by atoms with van der Waals surface area (Å²) in [5.41, 5.74) is 2.08. The van der Waals surface area contributed by atoms with Gasteiger partial charge in [0, 0.05) is 30.9 Å². The number of hydrogen-bond donors (Lipinski definition) is 1. The molecular formula is C21H27N3O2. The smallest absolute Gasteiger partial charge is 0.219 e. The third-order valence-electron chi connectivity index (χ3n) is 4.61. The predicted molar refractivity (Wildman–Crippen MR) is 103 cm³/mol. The average molecular weight is 353 g/mol. The van der Waals surface area contributed by atoms with E-state index >= 15 is 0 Å². The number of aromatic nitrogens is 1. The highest BCUT2D eigenvalue weighted by Gasteiger charge is 2.26. The molecule has 26 heavy (non-hydrogen) atoms. The second-order valence-corrected chi connectivity index (χ2v) is 6.80. The van der Waals surface area contributed by atoms with Crippen LogP contribution in [0.15, 0.2) is 47.8 Å². The van der Waals surface area contributed by atoms with Crippen molar-refractivity contribution in [1.29, 1.82) is 0 Å². The Bertz CT molecular complexity index is 722. The van der Waals surface area contributed by atoms with Gasteiger partial charge in [-0.1, -0.05) is 31.1 Å². The van der Waals surface area contributed by atoms with Crippen LogP contribution in [0.5, 0.6) is 11.6 Å². The topological polar surface area (TPSA) is 58.0 Å². The molecule has 1 heterocycles. The Morgan fingerprint density at radius 3 is 2.50 bits per heavy atom. The summed E-state index contributed by atoms with van der Waals surface area (Å²) in [6.07, 6.45) is 6.25. The SMILES string of the molecule is CCCN(CC1CC1)/C(=N\O)c1ccc(Oc2ccc(CC)cc2)nc1. The summed E-state index contributed by atoms with van der Waals surface area (Å²) in [7, 11) is 0. The third kappa shape index (κ3) is 4.75. The van der Waals surface area contributed by atoms with Gasteiger partial charge in [0.15, 0.2) is 5.84 Å². The van der Waals surface area contributed by atoms with Gasteiger partial charge in [-0.05, 0) is 55.4 Å². The average Bonchev–Trinajstić information content (AvgIpc) is 3.48. The molecule has 0 amide bonds. The normalized spacial score (nSPS) is 14.3. The lowest BCUT2D eigenvalue weighted by atomic mass is 10.2. The minimum Gasteiger partial charge on any atom is -0.439 e. The first kappa shape index (κ1) is 18.2. The standard InChI is InChI=1S/C21H27N3O2/c1-3-13-24(15-17-5-6-17)21(23-25)18-9-12-20(22-14-18)26-19-10-7-16(4-2)8-11-19/h7-12,14,17,25H,3-6,13,15H2,1-2H3/b23-21-. The number of rotatable bonds is 8. The van der Waals surface area contributed by atoms with Crippen molar-refractivity contribution < 1.29 is 9.94 Å². The van der Waals surface area contributed by atoms with E-state index in [0.29, 0.717) is 11.7 Å². The molecule has 1 aliphatic rings. The Balaban J connectivity index is 1.69. The highest BCUT2D eigenvalue weighted by Crippen LogP contribution is 2.30. The van der Waals surface area contributed by atoms with E-state index in [4.69, 9.17) is 4.74 Å². The van der Waals surface area contributed by atoms with Crippen LogP contribution in [0.3, 0.4) is 0 Å². The third-order valence-corrected chi connectivity index (χ3v) is 4.61. The van der Waals surface area contributed by atoms with Gasteiger partial charge >= 0.3 is 0 Å². The van der Waals surface area contributed by atoms with E-state index in [9.17, 15) is 5.21 Å². The van der Waals surface area contributed by atoms with Crippen LogP contribution in [-0.2, 0) is 6.42 Å². The Labute approximate surface area is 155 Å². The molecule has 0 bridgehead atoms. The largest absolute Gasteiger partial charge is 0.439 e. The Kier molecular flexibility index (Phi) is 6.10. The van der Waals surface area contributed by atoms with Gasteiger partial charge in [-0.3, -0.25) is 0 Å². The summed E-state index contributed by atoms with van der Waals surface area (Å²) in [4.78, 5) is 6.53. The molecule has 0 radical (unpaired) electrons. The van der Waals surface area contributed by atoms with Crippen molar-refractivity contribution in [2.45, 2.75) is 39.5 Å². The summed E-state index contributed by atoms with van der Waals surface area (Å²) >= 11 is 0. The number of hydrogen-bond acceptors (Lipinski definition) is 4. The van der Waals surface area contributed by atoms with Crippen LogP contribution in [0.25, 0.3) is 0 Å². The minimum absolute atomic E-state index is 0.527. The molecule has 2 aromatic rings. The molecule has 1 aliphatic carbocycles. The van der Waals surface area contributed by atoms with E-state index < -0.39 is 0 Å². The molecule has 0 atom stereocenters. The Hall–Kier alpha value is -2.56. The van der Waals surface area contributed by atoms with Crippen LogP contribution < -0.4 is 4.74 Å². The lowest BCUT2D eigenvalue weighted by molar-refractivity contribution is 0.297. The minimum atomic E-state index is 0.527. The van der Waals surface area contributed by atoms with Crippen molar-refractivity contribution in [2.75, 3.05) is 13.1 Å². The summed E-state index contributed by atoms with van der Waals surface area (Å²) in [5, 5.41) is 13.1. The summed E-state index contributed by atoms with van der Waals surface area (Å²) < 4.78 is 5.80. The molecule has 0 saturated heterocycles.